The average Bonchev–Trinajstić information content (AvgIpc) is 3.29. The van der Waals surface area contributed by atoms with E-state index in [1.54, 1.807) is 4.90 Å². The van der Waals surface area contributed by atoms with Gasteiger partial charge in [-0.2, -0.15) is 0 Å². The topological polar surface area (TPSA) is 67.2 Å². The number of nitrogens with one attached hydrogen (secondary N) is 1. The molecule has 1 unspecified atom stereocenters. The summed E-state index contributed by atoms with van der Waals surface area (Å²) in [5, 5.41) is 3.08. The van der Waals surface area contributed by atoms with Gasteiger partial charge >= 0.3 is 0 Å². The smallest absolute Gasteiger partial charge is 0.243 e. The number of carbonyl (C=O) groups is 2. The Labute approximate surface area is 212 Å². The zero-order valence-electron chi connectivity index (χ0n) is 20.9. The summed E-state index contributed by atoms with van der Waals surface area (Å²) >= 11 is 0. The van der Waals surface area contributed by atoms with Crippen molar-refractivity contribution >= 4 is 22.8 Å². The fourth-order valence-electron chi connectivity index (χ4n) is 4.89. The van der Waals surface area contributed by atoms with Gasteiger partial charge in [-0.1, -0.05) is 74.5 Å². The van der Waals surface area contributed by atoms with E-state index in [9.17, 15) is 9.59 Å². The summed E-state index contributed by atoms with van der Waals surface area (Å²) in [7, 11) is 0. The van der Waals surface area contributed by atoms with Crippen molar-refractivity contribution < 1.29 is 9.59 Å². The van der Waals surface area contributed by atoms with E-state index < -0.39 is 6.04 Å². The molecule has 4 aromatic rings. The first-order chi connectivity index (χ1) is 17.5. The Morgan fingerprint density at radius 3 is 2.42 bits per heavy atom. The summed E-state index contributed by atoms with van der Waals surface area (Å²) in [6.07, 6.45) is 2.86. The molecule has 0 fully saturated rings. The Balaban J connectivity index is 1.24. The first kappa shape index (κ1) is 23.8. The normalized spacial score (nSPS) is 15.2. The van der Waals surface area contributed by atoms with E-state index in [4.69, 9.17) is 0 Å². The fraction of sp³-hybridized carbons (Fsp3) is 0.300. The summed E-state index contributed by atoms with van der Waals surface area (Å²) in [5.41, 5.74) is 6.56. The Hall–Kier alpha value is -3.93. The van der Waals surface area contributed by atoms with E-state index in [1.165, 1.54) is 5.56 Å². The lowest BCUT2D eigenvalue weighted by Crippen LogP contribution is -2.52. The van der Waals surface area contributed by atoms with Gasteiger partial charge in [-0.25, -0.2) is 4.98 Å². The minimum absolute atomic E-state index is 0.0380. The lowest BCUT2D eigenvalue weighted by atomic mass is 9.92. The first-order valence-corrected chi connectivity index (χ1v) is 12.6. The van der Waals surface area contributed by atoms with E-state index >= 15 is 0 Å². The third-order valence-corrected chi connectivity index (χ3v) is 6.82. The Morgan fingerprint density at radius 2 is 1.64 bits per heavy atom. The van der Waals surface area contributed by atoms with Crippen LogP contribution in [0.15, 0.2) is 79.1 Å². The van der Waals surface area contributed by atoms with Crippen LogP contribution in [-0.4, -0.2) is 32.3 Å². The molecule has 6 heteroatoms. The number of aromatic nitrogens is 2. The number of nitrogens with zero attached hydrogens (tertiary/aromatic N) is 3. The third kappa shape index (κ3) is 5.18. The number of rotatable bonds is 7. The lowest BCUT2D eigenvalue weighted by Gasteiger charge is -2.36. The Bertz CT molecular complexity index is 1370. The van der Waals surface area contributed by atoms with Crippen molar-refractivity contribution in [3.63, 3.8) is 0 Å². The van der Waals surface area contributed by atoms with Gasteiger partial charge in [0.1, 0.15) is 6.04 Å². The molecule has 3 aromatic carbocycles. The van der Waals surface area contributed by atoms with E-state index in [2.05, 4.69) is 39.1 Å². The van der Waals surface area contributed by atoms with Gasteiger partial charge in [-0.15, -0.1) is 0 Å². The molecule has 184 valence electrons. The molecule has 1 N–H and O–H groups in total. The minimum atomic E-state index is -0.486. The standard InChI is InChI=1S/C30H32N4O2/c1-21(2)15-29(35)34-19-25-8-4-3-7-24(25)16-28(34)30(36)31-17-22-11-13-23(14-12-22)18-33-20-32-26-9-5-6-10-27(26)33/h3-14,20-21,28H,15-19H2,1-2H3,(H,31,36). The summed E-state index contributed by atoms with van der Waals surface area (Å²) < 4.78 is 2.13. The summed E-state index contributed by atoms with van der Waals surface area (Å²) in [4.78, 5) is 32.5. The van der Waals surface area contributed by atoms with Crippen LogP contribution in [0.4, 0.5) is 0 Å². The highest BCUT2D eigenvalue weighted by atomic mass is 16.2. The van der Waals surface area contributed by atoms with Crippen molar-refractivity contribution in [2.45, 2.75) is 52.4 Å². The number of hydrogen-bond acceptors (Lipinski definition) is 3. The number of hydrogen-bond donors (Lipinski definition) is 1. The maximum absolute atomic E-state index is 13.3. The molecule has 1 aromatic heterocycles. The Morgan fingerprint density at radius 1 is 0.944 bits per heavy atom. The second-order valence-corrected chi connectivity index (χ2v) is 10.0. The molecule has 0 bridgehead atoms. The monoisotopic (exact) mass is 480 g/mol. The predicted molar refractivity (Wildman–Crippen MR) is 141 cm³/mol. The molecule has 2 heterocycles. The van der Waals surface area contributed by atoms with E-state index in [0.717, 1.165) is 34.3 Å². The van der Waals surface area contributed by atoms with Crippen LogP contribution < -0.4 is 5.32 Å². The van der Waals surface area contributed by atoms with Gasteiger partial charge in [-0.3, -0.25) is 9.59 Å². The second-order valence-electron chi connectivity index (χ2n) is 10.0. The molecule has 0 spiro atoms. The second kappa shape index (κ2) is 10.4. The molecule has 1 atom stereocenters. The largest absolute Gasteiger partial charge is 0.350 e. The molecule has 0 aliphatic carbocycles. The van der Waals surface area contributed by atoms with Crippen LogP contribution in [-0.2, 0) is 35.6 Å². The van der Waals surface area contributed by atoms with Crippen molar-refractivity contribution in [2.24, 2.45) is 5.92 Å². The highest BCUT2D eigenvalue weighted by Gasteiger charge is 2.34. The summed E-state index contributed by atoms with van der Waals surface area (Å²) in [6, 6.07) is 24.0. The quantitative estimate of drug-likeness (QED) is 0.417. The van der Waals surface area contributed by atoms with Crippen LogP contribution in [0.3, 0.4) is 0 Å². The van der Waals surface area contributed by atoms with E-state index in [-0.39, 0.29) is 17.7 Å². The highest BCUT2D eigenvalue weighted by Crippen LogP contribution is 2.25. The van der Waals surface area contributed by atoms with Crippen LogP contribution in [0.25, 0.3) is 11.0 Å². The number of fused-ring (bicyclic) bond motifs is 2. The zero-order chi connectivity index (χ0) is 25.1. The van der Waals surface area contributed by atoms with Crippen molar-refractivity contribution in [1.29, 1.82) is 0 Å². The minimum Gasteiger partial charge on any atom is -0.350 e. The van der Waals surface area contributed by atoms with Crippen molar-refractivity contribution in [3.05, 3.63) is 101 Å². The molecule has 1 aliphatic heterocycles. The van der Waals surface area contributed by atoms with Crippen molar-refractivity contribution in [3.8, 4) is 0 Å². The number of imidazole rings is 1. The molecular weight excluding hydrogens is 448 g/mol. The SMILES string of the molecule is CC(C)CC(=O)N1Cc2ccccc2CC1C(=O)NCc1ccc(Cn2cnc3ccccc32)cc1. The number of benzene rings is 3. The third-order valence-electron chi connectivity index (χ3n) is 6.82. The number of amides is 2. The molecule has 0 radical (unpaired) electrons. The van der Waals surface area contributed by atoms with Crippen molar-refractivity contribution in [2.75, 3.05) is 0 Å². The molecule has 36 heavy (non-hydrogen) atoms. The van der Waals surface area contributed by atoms with Crippen LogP contribution in [0.1, 0.15) is 42.5 Å². The zero-order valence-corrected chi connectivity index (χ0v) is 20.9. The lowest BCUT2D eigenvalue weighted by molar-refractivity contribution is -0.142. The van der Waals surface area contributed by atoms with Gasteiger partial charge in [0.15, 0.2) is 0 Å². The average molecular weight is 481 g/mol. The number of para-hydroxylation sites is 2. The van der Waals surface area contributed by atoms with Gasteiger partial charge in [0.25, 0.3) is 0 Å². The van der Waals surface area contributed by atoms with E-state index in [1.807, 2.05) is 68.7 Å². The molecule has 2 amide bonds. The van der Waals surface area contributed by atoms with Crippen LogP contribution in [0.5, 0.6) is 0 Å². The highest BCUT2D eigenvalue weighted by molar-refractivity contribution is 5.88. The summed E-state index contributed by atoms with van der Waals surface area (Å²) in [6.45, 7) is 5.71. The molecule has 1 aliphatic rings. The maximum atomic E-state index is 13.3. The molecule has 5 rings (SSSR count). The molecule has 0 saturated heterocycles. The van der Waals surface area contributed by atoms with Crippen LogP contribution in [0, 0.1) is 5.92 Å². The predicted octanol–water partition coefficient (Wildman–Crippen LogP) is 4.70. The van der Waals surface area contributed by atoms with Crippen LogP contribution >= 0.6 is 0 Å². The van der Waals surface area contributed by atoms with Crippen molar-refractivity contribution in [1.82, 2.24) is 19.8 Å². The Kier molecular flexibility index (Phi) is 6.85. The van der Waals surface area contributed by atoms with Gasteiger partial charge < -0.3 is 14.8 Å². The van der Waals surface area contributed by atoms with Gasteiger partial charge in [0.05, 0.1) is 17.4 Å². The summed E-state index contributed by atoms with van der Waals surface area (Å²) in [5.74, 6) is 0.184. The number of carbonyl (C=O) groups excluding carboxylic acids is 2. The maximum Gasteiger partial charge on any atom is 0.243 e. The molecular formula is C30H32N4O2. The van der Waals surface area contributed by atoms with Gasteiger partial charge in [-0.05, 0) is 40.3 Å². The molecule has 0 saturated carbocycles. The first-order valence-electron chi connectivity index (χ1n) is 12.6. The van der Waals surface area contributed by atoms with E-state index in [0.29, 0.717) is 25.9 Å². The van der Waals surface area contributed by atoms with Gasteiger partial charge in [0.2, 0.25) is 11.8 Å². The van der Waals surface area contributed by atoms with Crippen LogP contribution in [0.2, 0.25) is 0 Å². The van der Waals surface area contributed by atoms with Gasteiger partial charge in [0, 0.05) is 32.5 Å². The fourth-order valence-corrected chi connectivity index (χ4v) is 4.89. The molecule has 6 nitrogen and oxygen atoms in total.